The van der Waals surface area contributed by atoms with Gasteiger partial charge in [0, 0.05) is 0 Å². The zero-order valence-corrected chi connectivity index (χ0v) is 8.89. The Labute approximate surface area is 85.7 Å². The second-order valence-electron chi connectivity index (χ2n) is 4.27. The van der Waals surface area contributed by atoms with E-state index >= 15 is 0 Å². The van der Waals surface area contributed by atoms with E-state index in [4.69, 9.17) is 5.26 Å². The highest BCUT2D eigenvalue weighted by atomic mass is 14.3. The van der Waals surface area contributed by atoms with Gasteiger partial charge in [0.15, 0.2) is 0 Å². The van der Waals surface area contributed by atoms with Gasteiger partial charge in [-0.15, -0.1) is 0 Å². The van der Waals surface area contributed by atoms with Gasteiger partial charge in [0.2, 0.25) is 0 Å². The van der Waals surface area contributed by atoms with Crippen LogP contribution in [0.3, 0.4) is 0 Å². The van der Waals surface area contributed by atoms with Crippen molar-refractivity contribution in [2.45, 2.75) is 26.2 Å². The minimum absolute atomic E-state index is 0.0159. The predicted octanol–water partition coefficient (Wildman–Crippen LogP) is 3.19. The molecule has 0 amide bonds. The van der Waals surface area contributed by atoms with Gasteiger partial charge in [-0.1, -0.05) is 45.5 Å². The zero-order valence-electron chi connectivity index (χ0n) is 8.89. The maximum atomic E-state index is 9.08. The molecule has 0 spiro atoms. The molecule has 0 aromatic heterocycles. The first-order chi connectivity index (χ1) is 6.50. The molecule has 0 fully saturated rings. The van der Waals surface area contributed by atoms with Crippen LogP contribution >= 0.6 is 0 Å². The van der Waals surface area contributed by atoms with Crippen LogP contribution in [0, 0.1) is 17.4 Å². The molecule has 0 aliphatic carbocycles. The van der Waals surface area contributed by atoms with E-state index in [1.54, 1.807) is 0 Å². The molecule has 0 atom stereocenters. The van der Waals surface area contributed by atoms with E-state index in [2.05, 4.69) is 39.5 Å². The van der Waals surface area contributed by atoms with E-state index in [1.165, 1.54) is 0 Å². The van der Waals surface area contributed by atoms with Crippen molar-refractivity contribution in [2.75, 3.05) is 0 Å². The standard InChI is InChI=1S/C13H14N/c1-5-10-7-6-8-12(11(10)9-14)13(2,3)4/h6-8H,1H2,2-4H3. The third kappa shape index (κ3) is 1.85. The zero-order chi connectivity index (χ0) is 10.8. The Bertz CT molecular complexity index is 389. The lowest BCUT2D eigenvalue weighted by Crippen LogP contribution is -2.13. The lowest BCUT2D eigenvalue weighted by Gasteiger charge is -2.21. The van der Waals surface area contributed by atoms with Crippen molar-refractivity contribution in [1.29, 1.82) is 5.26 Å². The number of nitrogens with zero attached hydrogens (tertiary/aromatic N) is 1. The molecular weight excluding hydrogens is 170 g/mol. The lowest BCUT2D eigenvalue weighted by atomic mass is 9.82. The molecule has 0 N–H and O–H groups in total. The van der Waals surface area contributed by atoms with Crippen LogP contribution in [0.5, 0.6) is 0 Å². The fourth-order valence-electron chi connectivity index (χ4n) is 1.45. The first-order valence-corrected chi connectivity index (χ1v) is 4.57. The summed E-state index contributed by atoms with van der Waals surface area (Å²) in [5.74, 6) is 0. The highest BCUT2D eigenvalue weighted by Crippen LogP contribution is 2.27. The monoisotopic (exact) mass is 184 g/mol. The number of hydrogen-bond donors (Lipinski definition) is 0. The summed E-state index contributed by atoms with van der Waals surface area (Å²) < 4.78 is 0. The third-order valence-electron chi connectivity index (χ3n) is 2.17. The molecule has 0 aliphatic heterocycles. The number of benzene rings is 1. The molecule has 14 heavy (non-hydrogen) atoms. The summed E-state index contributed by atoms with van der Waals surface area (Å²) in [5, 5.41) is 9.08. The van der Waals surface area contributed by atoms with E-state index in [-0.39, 0.29) is 5.41 Å². The molecule has 0 saturated heterocycles. The highest BCUT2D eigenvalue weighted by Gasteiger charge is 2.18. The molecule has 1 nitrogen and oxygen atoms in total. The van der Waals surface area contributed by atoms with Crippen molar-refractivity contribution in [1.82, 2.24) is 0 Å². The van der Waals surface area contributed by atoms with Crippen LogP contribution in [0.25, 0.3) is 0 Å². The molecule has 1 radical (unpaired) electrons. The van der Waals surface area contributed by atoms with Crippen LogP contribution in [-0.4, -0.2) is 0 Å². The van der Waals surface area contributed by atoms with Crippen molar-refractivity contribution in [3.63, 3.8) is 0 Å². The minimum atomic E-state index is -0.0159. The van der Waals surface area contributed by atoms with Gasteiger partial charge >= 0.3 is 0 Å². The summed E-state index contributed by atoms with van der Waals surface area (Å²) in [6.07, 6.45) is 2.79. The van der Waals surface area contributed by atoms with Crippen molar-refractivity contribution in [3.8, 4) is 6.07 Å². The average Bonchev–Trinajstić information content (AvgIpc) is 2.15. The lowest BCUT2D eigenvalue weighted by molar-refractivity contribution is 0.588. The van der Waals surface area contributed by atoms with Crippen LogP contribution in [0.1, 0.15) is 37.5 Å². The SMILES string of the molecule is C=[C]c1cccc(C(C)(C)C)c1C#N. The first-order valence-electron chi connectivity index (χ1n) is 4.57. The van der Waals surface area contributed by atoms with Gasteiger partial charge in [0.25, 0.3) is 0 Å². The first kappa shape index (κ1) is 10.5. The van der Waals surface area contributed by atoms with E-state index in [9.17, 15) is 0 Å². The fraction of sp³-hybridized carbons (Fsp3) is 0.308. The number of rotatable bonds is 1. The van der Waals surface area contributed by atoms with Gasteiger partial charge in [-0.05, 0) is 22.6 Å². The molecule has 0 unspecified atom stereocenters. The van der Waals surface area contributed by atoms with Crippen LogP contribution < -0.4 is 0 Å². The Morgan fingerprint density at radius 3 is 2.36 bits per heavy atom. The van der Waals surface area contributed by atoms with Gasteiger partial charge in [-0.2, -0.15) is 5.26 Å². The normalized spacial score (nSPS) is 10.7. The highest BCUT2D eigenvalue weighted by molar-refractivity contribution is 5.49. The van der Waals surface area contributed by atoms with Crippen molar-refractivity contribution >= 4 is 0 Å². The van der Waals surface area contributed by atoms with E-state index < -0.39 is 0 Å². The van der Waals surface area contributed by atoms with E-state index in [0.29, 0.717) is 5.56 Å². The predicted molar refractivity (Wildman–Crippen MR) is 57.8 cm³/mol. The largest absolute Gasteiger partial charge is 0.192 e. The Morgan fingerprint density at radius 2 is 1.93 bits per heavy atom. The number of hydrogen-bond acceptors (Lipinski definition) is 1. The van der Waals surface area contributed by atoms with Gasteiger partial charge < -0.3 is 0 Å². The van der Waals surface area contributed by atoms with Crippen molar-refractivity contribution in [2.24, 2.45) is 0 Å². The molecule has 1 heteroatoms. The Balaban J connectivity index is 3.47. The van der Waals surface area contributed by atoms with Gasteiger partial charge in [0.1, 0.15) is 6.07 Å². The van der Waals surface area contributed by atoms with Crippen molar-refractivity contribution < 1.29 is 0 Å². The van der Waals surface area contributed by atoms with Gasteiger partial charge in [0.05, 0.1) is 5.56 Å². The summed E-state index contributed by atoms with van der Waals surface area (Å²) >= 11 is 0. The molecular formula is C13H14N. The number of nitriles is 1. The van der Waals surface area contributed by atoms with Gasteiger partial charge in [-0.25, -0.2) is 0 Å². The second-order valence-corrected chi connectivity index (χ2v) is 4.27. The van der Waals surface area contributed by atoms with Crippen LogP contribution in [-0.2, 0) is 5.41 Å². The molecule has 0 heterocycles. The maximum Gasteiger partial charge on any atom is 0.100 e. The summed E-state index contributed by atoms with van der Waals surface area (Å²) in [4.78, 5) is 0. The smallest absolute Gasteiger partial charge is 0.100 e. The second kappa shape index (κ2) is 3.67. The van der Waals surface area contributed by atoms with Crippen LogP contribution in [0.2, 0.25) is 0 Å². The van der Waals surface area contributed by atoms with Crippen molar-refractivity contribution in [3.05, 3.63) is 47.5 Å². The summed E-state index contributed by atoms with van der Waals surface area (Å²) in [7, 11) is 0. The van der Waals surface area contributed by atoms with Gasteiger partial charge in [-0.3, -0.25) is 0 Å². The molecule has 1 rings (SSSR count). The van der Waals surface area contributed by atoms with E-state index in [0.717, 1.165) is 11.1 Å². The summed E-state index contributed by atoms with van der Waals surface area (Å²) in [6, 6.07) is 8.01. The molecule has 0 saturated carbocycles. The maximum absolute atomic E-state index is 9.08. The topological polar surface area (TPSA) is 23.8 Å². The van der Waals surface area contributed by atoms with Crippen LogP contribution in [0.4, 0.5) is 0 Å². The molecule has 71 valence electrons. The Kier molecular flexibility index (Phi) is 2.76. The summed E-state index contributed by atoms with van der Waals surface area (Å²) in [6.45, 7) is 9.87. The molecule has 0 bridgehead atoms. The van der Waals surface area contributed by atoms with Crippen LogP contribution in [0.15, 0.2) is 24.8 Å². The fourth-order valence-corrected chi connectivity index (χ4v) is 1.45. The molecule has 0 aliphatic rings. The average molecular weight is 184 g/mol. The third-order valence-corrected chi connectivity index (χ3v) is 2.17. The van der Waals surface area contributed by atoms with E-state index in [1.807, 2.05) is 18.2 Å². The Hall–Kier alpha value is -1.55. The Morgan fingerprint density at radius 1 is 1.29 bits per heavy atom. The molecule has 1 aromatic rings. The minimum Gasteiger partial charge on any atom is -0.192 e. The quantitative estimate of drug-likeness (QED) is 0.657. The summed E-state index contributed by atoms with van der Waals surface area (Å²) in [5.41, 5.74) is 2.52. The molecule has 1 aromatic carbocycles.